The van der Waals surface area contributed by atoms with Gasteiger partial charge in [-0.1, -0.05) is 47.0 Å². The normalized spacial score (nSPS) is 10.6. The molecule has 0 aliphatic heterocycles. The Labute approximate surface area is 118 Å². The Morgan fingerprint density at radius 3 is 2.28 bits per heavy atom. The minimum Gasteiger partial charge on any atom is -0.244 e. The monoisotopic (exact) mass is 277 g/mol. The summed E-state index contributed by atoms with van der Waals surface area (Å²) >= 11 is 7.66. The van der Waals surface area contributed by atoms with Crippen molar-refractivity contribution < 1.29 is 0 Å². The molecular formula is C15H16ClNS. The van der Waals surface area contributed by atoms with Crippen molar-refractivity contribution in [3.63, 3.8) is 0 Å². The third kappa shape index (κ3) is 4.04. The van der Waals surface area contributed by atoms with Crippen LogP contribution in [0.25, 0.3) is 0 Å². The Hall–Kier alpha value is -0.990. The van der Waals surface area contributed by atoms with Crippen molar-refractivity contribution in [3.8, 4) is 0 Å². The van der Waals surface area contributed by atoms with Gasteiger partial charge in [0.05, 0.1) is 0 Å². The van der Waals surface area contributed by atoms with Gasteiger partial charge in [-0.15, -0.1) is 0 Å². The number of rotatable bonds is 4. The average Bonchev–Trinajstić information content (AvgIpc) is 2.30. The van der Waals surface area contributed by atoms with Gasteiger partial charge >= 0.3 is 0 Å². The van der Waals surface area contributed by atoms with Crippen molar-refractivity contribution in [2.45, 2.75) is 25.4 Å². The molecule has 2 aromatic rings. The number of hydrogen-bond acceptors (Lipinski definition) is 2. The van der Waals surface area contributed by atoms with Crippen LogP contribution in [-0.2, 0) is 11.5 Å². The molecule has 94 valence electrons. The lowest BCUT2D eigenvalue weighted by atomic mass is 10.1. The number of thioether (sulfide) groups is 1. The van der Waals surface area contributed by atoms with E-state index in [2.05, 4.69) is 37.0 Å². The lowest BCUT2D eigenvalue weighted by Crippen LogP contribution is -1.87. The fraction of sp³-hybridized carbons (Fsp3) is 0.267. The van der Waals surface area contributed by atoms with E-state index >= 15 is 0 Å². The van der Waals surface area contributed by atoms with Crippen LogP contribution in [0, 0.1) is 13.8 Å². The van der Waals surface area contributed by atoms with Gasteiger partial charge in [-0.2, -0.15) is 11.8 Å². The number of hydrogen-bond donors (Lipinski definition) is 0. The topological polar surface area (TPSA) is 12.9 Å². The van der Waals surface area contributed by atoms with E-state index in [0.717, 1.165) is 11.5 Å². The predicted octanol–water partition coefficient (Wildman–Crippen LogP) is 4.79. The number of nitrogens with zero attached hydrogens (tertiary/aromatic N) is 1. The van der Waals surface area contributed by atoms with E-state index in [9.17, 15) is 0 Å². The lowest BCUT2D eigenvalue weighted by Gasteiger charge is -2.05. The smallest absolute Gasteiger partial charge is 0.129 e. The van der Waals surface area contributed by atoms with Crippen LogP contribution in [0.2, 0.25) is 5.15 Å². The molecule has 0 bridgehead atoms. The number of pyridine rings is 1. The van der Waals surface area contributed by atoms with E-state index in [4.69, 9.17) is 11.6 Å². The van der Waals surface area contributed by atoms with Crippen LogP contribution >= 0.6 is 23.4 Å². The minimum absolute atomic E-state index is 0.554. The highest BCUT2D eigenvalue weighted by Gasteiger charge is 1.99. The highest BCUT2D eigenvalue weighted by molar-refractivity contribution is 7.97. The highest BCUT2D eigenvalue weighted by atomic mass is 35.5. The van der Waals surface area contributed by atoms with Gasteiger partial charge in [-0.05, 0) is 31.0 Å². The molecule has 0 atom stereocenters. The highest BCUT2D eigenvalue weighted by Crippen LogP contribution is 2.20. The Bertz CT molecular complexity index is 502. The first-order valence-electron chi connectivity index (χ1n) is 5.89. The zero-order chi connectivity index (χ0) is 13.0. The molecule has 0 aliphatic rings. The average molecular weight is 278 g/mol. The minimum atomic E-state index is 0.554. The fourth-order valence-electron chi connectivity index (χ4n) is 1.93. The van der Waals surface area contributed by atoms with Gasteiger partial charge in [0.25, 0.3) is 0 Å². The zero-order valence-electron chi connectivity index (χ0n) is 10.6. The fourth-order valence-corrected chi connectivity index (χ4v) is 2.95. The van der Waals surface area contributed by atoms with Gasteiger partial charge in [0.2, 0.25) is 0 Å². The molecule has 0 unspecified atom stereocenters. The molecule has 3 heteroatoms. The maximum Gasteiger partial charge on any atom is 0.129 e. The molecule has 1 nitrogen and oxygen atoms in total. The van der Waals surface area contributed by atoms with E-state index < -0.39 is 0 Å². The second kappa shape index (κ2) is 6.26. The van der Waals surface area contributed by atoms with E-state index in [1.165, 1.54) is 22.3 Å². The molecule has 1 heterocycles. The summed E-state index contributed by atoms with van der Waals surface area (Å²) in [6, 6.07) is 10.6. The molecule has 0 fully saturated rings. The number of aryl methyl sites for hydroxylation is 2. The molecule has 0 saturated carbocycles. The quantitative estimate of drug-likeness (QED) is 0.746. The largest absolute Gasteiger partial charge is 0.244 e. The first-order chi connectivity index (χ1) is 8.63. The van der Waals surface area contributed by atoms with E-state index in [1.54, 1.807) is 0 Å². The first kappa shape index (κ1) is 13.4. The summed E-state index contributed by atoms with van der Waals surface area (Å²) in [7, 11) is 0. The molecule has 18 heavy (non-hydrogen) atoms. The molecule has 0 spiro atoms. The standard InChI is InChI=1S/C15H16ClNS/c1-11-5-12(2)7-14(6-11)10-18-9-13-3-4-15(16)17-8-13/h3-8H,9-10H2,1-2H3. The van der Waals surface area contributed by atoms with Gasteiger partial charge in [0, 0.05) is 17.7 Å². The van der Waals surface area contributed by atoms with E-state index in [-0.39, 0.29) is 0 Å². The summed E-state index contributed by atoms with van der Waals surface area (Å²) in [5.74, 6) is 2.00. The molecule has 0 amide bonds. The van der Waals surface area contributed by atoms with Crippen LogP contribution in [0.15, 0.2) is 36.5 Å². The SMILES string of the molecule is Cc1cc(C)cc(CSCc2ccc(Cl)nc2)c1. The van der Waals surface area contributed by atoms with E-state index in [0.29, 0.717) is 5.15 Å². The Balaban J connectivity index is 1.90. The van der Waals surface area contributed by atoms with Gasteiger partial charge in [0.15, 0.2) is 0 Å². The number of halogens is 1. The maximum absolute atomic E-state index is 5.76. The zero-order valence-corrected chi connectivity index (χ0v) is 12.2. The van der Waals surface area contributed by atoms with Crippen molar-refractivity contribution >= 4 is 23.4 Å². The third-order valence-corrected chi connectivity index (χ3v) is 3.91. The van der Waals surface area contributed by atoms with Crippen LogP contribution in [0.1, 0.15) is 22.3 Å². The van der Waals surface area contributed by atoms with Gasteiger partial charge in [-0.3, -0.25) is 0 Å². The Morgan fingerprint density at radius 1 is 1.00 bits per heavy atom. The summed E-state index contributed by atoms with van der Waals surface area (Å²) in [4.78, 5) is 4.09. The van der Waals surface area contributed by atoms with Crippen LogP contribution in [0.5, 0.6) is 0 Å². The van der Waals surface area contributed by atoms with Gasteiger partial charge in [0.1, 0.15) is 5.15 Å². The van der Waals surface area contributed by atoms with Crippen LogP contribution < -0.4 is 0 Å². The van der Waals surface area contributed by atoms with E-state index in [1.807, 2.05) is 30.1 Å². The summed E-state index contributed by atoms with van der Waals surface area (Å²) in [5.41, 5.74) is 5.27. The molecule has 1 aromatic carbocycles. The molecular weight excluding hydrogens is 262 g/mol. The third-order valence-electron chi connectivity index (χ3n) is 2.61. The van der Waals surface area contributed by atoms with Crippen LogP contribution in [-0.4, -0.2) is 4.98 Å². The molecule has 0 saturated heterocycles. The molecule has 2 rings (SSSR count). The second-order valence-electron chi connectivity index (χ2n) is 4.48. The van der Waals surface area contributed by atoms with Crippen molar-refractivity contribution in [1.29, 1.82) is 0 Å². The summed E-state index contributed by atoms with van der Waals surface area (Å²) in [6.45, 7) is 4.29. The summed E-state index contributed by atoms with van der Waals surface area (Å²) in [5, 5.41) is 0.554. The molecule has 0 N–H and O–H groups in total. The first-order valence-corrected chi connectivity index (χ1v) is 7.42. The second-order valence-corrected chi connectivity index (χ2v) is 5.85. The Morgan fingerprint density at radius 2 is 1.67 bits per heavy atom. The maximum atomic E-state index is 5.76. The number of aromatic nitrogens is 1. The number of benzene rings is 1. The van der Waals surface area contributed by atoms with Gasteiger partial charge < -0.3 is 0 Å². The van der Waals surface area contributed by atoms with Crippen LogP contribution in [0.3, 0.4) is 0 Å². The van der Waals surface area contributed by atoms with Crippen molar-refractivity contribution in [2.24, 2.45) is 0 Å². The summed E-state index contributed by atoms with van der Waals surface area (Å²) in [6.07, 6.45) is 1.84. The molecule has 0 radical (unpaired) electrons. The molecule has 1 aromatic heterocycles. The van der Waals surface area contributed by atoms with Crippen molar-refractivity contribution in [3.05, 3.63) is 63.9 Å². The van der Waals surface area contributed by atoms with Crippen molar-refractivity contribution in [1.82, 2.24) is 4.98 Å². The Kier molecular flexibility index (Phi) is 4.67. The lowest BCUT2D eigenvalue weighted by molar-refractivity contribution is 1.24. The molecule has 0 aliphatic carbocycles. The van der Waals surface area contributed by atoms with Crippen molar-refractivity contribution in [2.75, 3.05) is 0 Å². The predicted molar refractivity (Wildman–Crippen MR) is 80.2 cm³/mol. The van der Waals surface area contributed by atoms with Gasteiger partial charge in [-0.25, -0.2) is 4.98 Å². The summed E-state index contributed by atoms with van der Waals surface area (Å²) < 4.78 is 0. The van der Waals surface area contributed by atoms with Crippen LogP contribution in [0.4, 0.5) is 0 Å².